The molecule has 0 aliphatic rings. The Bertz CT molecular complexity index is 348. The summed E-state index contributed by atoms with van der Waals surface area (Å²) in [5, 5.41) is 6.76. The van der Waals surface area contributed by atoms with Gasteiger partial charge in [-0.15, -0.1) is 0 Å². The molecule has 0 saturated heterocycles. The number of alkyl carbamates (subject to hydrolysis) is 1. The van der Waals surface area contributed by atoms with Gasteiger partial charge in [0, 0.05) is 16.2 Å². The number of urea groups is 1. The van der Waals surface area contributed by atoms with Crippen LogP contribution >= 0.6 is 0 Å². The van der Waals surface area contributed by atoms with Crippen LogP contribution in [0.3, 0.4) is 0 Å². The van der Waals surface area contributed by atoms with Crippen molar-refractivity contribution < 1.29 is 28.6 Å². The molecule has 0 atom stereocenters. The predicted octanol–water partition coefficient (Wildman–Crippen LogP) is 0.171. The fourth-order valence-corrected chi connectivity index (χ4v) is 0.876. The molecule has 0 aromatic rings. The molecular weight excluding hydrogens is 284 g/mol. The van der Waals surface area contributed by atoms with Crippen molar-refractivity contribution in [3.8, 4) is 0 Å². The summed E-state index contributed by atoms with van der Waals surface area (Å²) in [6.45, 7) is 0.831. The van der Waals surface area contributed by atoms with Crippen LogP contribution in [0.15, 0.2) is 0 Å². The Morgan fingerprint density at radius 3 is 2.24 bits per heavy atom. The highest BCUT2D eigenvalue weighted by atomic mass is 16.5. The molecule has 0 rings (SSSR count). The largest absolute Gasteiger partial charge is 0.453 e. The maximum Gasteiger partial charge on any atom is 0.411 e. The lowest BCUT2D eigenvalue weighted by molar-refractivity contribution is -0.542. The molecule has 0 radical (unpaired) electrons. The molecule has 10 nitrogen and oxygen atoms in total. The van der Waals surface area contributed by atoms with E-state index in [2.05, 4.69) is 25.4 Å². The summed E-state index contributed by atoms with van der Waals surface area (Å²) in [6, 6.07) is -0.485. The summed E-state index contributed by atoms with van der Waals surface area (Å²) in [5.74, 6) is -0.835. The minimum Gasteiger partial charge on any atom is -0.453 e. The molecule has 0 bridgehead atoms. The number of ether oxygens (including phenoxy) is 2. The van der Waals surface area contributed by atoms with Gasteiger partial charge in [0.05, 0.1) is 7.11 Å². The van der Waals surface area contributed by atoms with Gasteiger partial charge in [0.2, 0.25) is 0 Å². The number of esters is 1. The Kier molecular flexibility index (Phi) is 15.8. The van der Waals surface area contributed by atoms with Crippen LogP contribution in [-0.4, -0.2) is 56.5 Å². The van der Waals surface area contributed by atoms with Crippen molar-refractivity contribution in [3.05, 3.63) is 4.91 Å². The maximum absolute atomic E-state index is 11.1. The Labute approximate surface area is 124 Å². The Morgan fingerprint density at radius 1 is 1.10 bits per heavy atom. The number of nitroso groups, excluding NO2 is 1. The van der Waals surface area contributed by atoms with Gasteiger partial charge in [-0.3, -0.25) is 5.32 Å². The van der Waals surface area contributed by atoms with Crippen molar-refractivity contribution in [1.82, 2.24) is 16.0 Å². The highest BCUT2D eigenvalue weighted by Crippen LogP contribution is 1.80. The first kappa shape index (κ1) is 23.7. The molecule has 0 unspecified atom stereocenters. The fourth-order valence-electron chi connectivity index (χ4n) is 0.876. The Balaban J connectivity index is -0.00000162. The van der Waals surface area contributed by atoms with Crippen LogP contribution in [0.2, 0.25) is 0 Å². The molecule has 21 heavy (non-hydrogen) atoms. The summed E-state index contributed by atoms with van der Waals surface area (Å²) in [5.41, 5.74) is 0. The molecule has 124 valence electrons. The monoisotopic (exact) mass is 309 g/mol. The average molecular weight is 309 g/mol. The number of nitrogens with one attached hydrogen (secondary N) is 3. The van der Waals surface area contributed by atoms with Crippen molar-refractivity contribution in [3.63, 3.8) is 0 Å². The van der Waals surface area contributed by atoms with Crippen LogP contribution in [0.4, 0.5) is 9.59 Å². The molecule has 3 amide bonds. The molecule has 3 N–H and O–H groups in total. The third-order valence-corrected chi connectivity index (χ3v) is 1.69. The summed E-state index contributed by atoms with van der Waals surface area (Å²) in [7, 11) is 1.14. The first-order valence-corrected chi connectivity index (χ1v) is 5.40. The summed E-state index contributed by atoms with van der Waals surface area (Å²) in [6.07, 6.45) is -0.785. The van der Waals surface area contributed by atoms with Crippen LogP contribution in [0.1, 0.15) is 21.8 Å². The van der Waals surface area contributed by atoms with Crippen molar-refractivity contribution in [2.24, 2.45) is 0 Å². The predicted molar refractivity (Wildman–Crippen MR) is 75.5 cm³/mol. The number of nitrogens with zero attached hydrogens (tertiary/aromatic N) is 1. The van der Waals surface area contributed by atoms with Crippen molar-refractivity contribution in [2.45, 2.75) is 21.8 Å². The average Bonchev–Trinajstić information content (AvgIpc) is 2.36. The van der Waals surface area contributed by atoms with E-state index in [1.807, 2.05) is 0 Å². The van der Waals surface area contributed by atoms with E-state index in [0.29, 0.717) is 6.54 Å². The molecule has 0 aliphatic heterocycles. The Morgan fingerprint density at radius 2 is 1.71 bits per heavy atom. The molecule has 0 aromatic carbocycles. The van der Waals surface area contributed by atoms with Crippen LogP contribution in [-0.2, 0) is 14.3 Å². The molecule has 0 heterocycles. The van der Waals surface area contributed by atoms with E-state index in [0.717, 1.165) is 7.11 Å². The molecule has 0 aromatic heterocycles. The van der Waals surface area contributed by atoms with E-state index in [1.165, 1.54) is 0 Å². The molecular formula is C11H25N4O6+. The van der Waals surface area contributed by atoms with E-state index in [1.54, 1.807) is 6.92 Å². The van der Waals surface area contributed by atoms with E-state index in [-0.39, 0.29) is 26.3 Å². The van der Waals surface area contributed by atoms with Gasteiger partial charge in [-0.25, -0.2) is 14.4 Å². The van der Waals surface area contributed by atoms with Crippen LogP contribution in [0.5, 0.6) is 0 Å². The lowest BCUT2D eigenvalue weighted by Gasteiger charge is -2.05. The molecule has 10 heteroatoms. The number of carbonyl (C=O) groups is 3. The second kappa shape index (κ2) is 14.0. The van der Waals surface area contributed by atoms with Crippen LogP contribution in [0, 0.1) is 4.91 Å². The maximum atomic E-state index is 11.1. The first-order chi connectivity index (χ1) is 8.99. The van der Waals surface area contributed by atoms with Crippen molar-refractivity contribution >= 4 is 18.1 Å². The lowest BCUT2D eigenvalue weighted by Crippen LogP contribution is -2.38. The van der Waals surface area contributed by atoms with Crippen molar-refractivity contribution in [2.75, 3.05) is 33.6 Å². The molecule has 0 aliphatic carbocycles. The van der Waals surface area contributed by atoms with Gasteiger partial charge in [0.25, 0.3) is 13.2 Å². The third-order valence-electron chi connectivity index (χ3n) is 1.69. The highest BCUT2D eigenvalue weighted by Gasteiger charge is 2.17. The van der Waals surface area contributed by atoms with E-state index in [9.17, 15) is 19.3 Å². The summed E-state index contributed by atoms with van der Waals surface area (Å²) >= 11 is 0. The number of rotatable bonds is 7. The van der Waals surface area contributed by atoms with E-state index >= 15 is 0 Å². The second-order valence-corrected chi connectivity index (χ2v) is 3.16. The highest BCUT2D eigenvalue weighted by molar-refractivity contribution is 5.74. The molecule has 0 saturated carbocycles. The molecule has 0 spiro atoms. The Hall–Kier alpha value is -2.39. The summed E-state index contributed by atoms with van der Waals surface area (Å²) < 4.78 is 9.07. The molecule has 0 fully saturated rings. The quantitative estimate of drug-likeness (QED) is 0.350. The van der Waals surface area contributed by atoms with Gasteiger partial charge < -0.3 is 20.1 Å². The van der Waals surface area contributed by atoms with Gasteiger partial charge in [-0.1, -0.05) is 14.9 Å². The minimum atomic E-state index is -0.835. The second-order valence-electron chi connectivity index (χ2n) is 3.16. The topological polar surface area (TPSA) is 126 Å². The SMILES string of the molecule is C.C.CCNC(=O)NCOC(=O)C[N+](=O)CNC(=O)OC. The number of methoxy groups -OCH3 is 1. The van der Waals surface area contributed by atoms with Gasteiger partial charge in [-0.2, -0.15) is 0 Å². The van der Waals surface area contributed by atoms with Gasteiger partial charge in [0.15, 0.2) is 6.73 Å². The lowest BCUT2D eigenvalue weighted by atomic mass is 10.6. The first-order valence-electron chi connectivity index (χ1n) is 5.40. The number of amides is 3. The van der Waals surface area contributed by atoms with Gasteiger partial charge in [-0.05, 0) is 6.92 Å². The minimum absolute atomic E-state index is 0. The van der Waals surface area contributed by atoms with E-state index in [4.69, 9.17) is 0 Å². The zero-order valence-corrected chi connectivity index (χ0v) is 10.7. The zero-order chi connectivity index (χ0) is 14.7. The third kappa shape index (κ3) is 13.8. The number of hydrogen-bond donors (Lipinski definition) is 3. The summed E-state index contributed by atoms with van der Waals surface area (Å²) in [4.78, 5) is 43.8. The smallest absolute Gasteiger partial charge is 0.411 e. The van der Waals surface area contributed by atoms with Gasteiger partial charge >= 0.3 is 18.1 Å². The van der Waals surface area contributed by atoms with Crippen LogP contribution < -0.4 is 16.0 Å². The van der Waals surface area contributed by atoms with Gasteiger partial charge in [0.1, 0.15) is 0 Å². The standard InChI is InChI=1S/C9H16N4O6.2CH4/c1-3-10-8(15)12-6-19-7(14)4-13(17)5-11-9(16)18-2;;/h3-6H2,1-2H3,(H2-,10,11,12,15,16);2*1H4/p+1. The van der Waals surface area contributed by atoms with Crippen LogP contribution in [0.25, 0.3) is 0 Å². The normalized spacial score (nSPS) is 8.29. The van der Waals surface area contributed by atoms with Crippen molar-refractivity contribution in [1.29, 1.82) is 0 Å². The number of carbonyl (C=O) groups excluding carboxylic acids is 3. The fraction of sp³-hybridized carbons (Fsp3) is 0.727. The number of hydrogen-bond acceptors (Lipinski definition) is 6. The van der Waals surface area contributed by atoms with E-state index < -0.39 is 31.3 Å². The zero-order valence-electron chi connectivity index (χ0n) is 10.7.